The lowest BCUT2D eigenvalue weighted by Crippen LogP contribution is -1.99. The highest BCUT2D eigenvalue weighted by Crippen LogP contribution is 2.29. The predicted molar refractivity (Wildman–Crippen MR) is 74.7 cm³/mol. The van der Waals surface area contributed by atoms with Crippen molar-refractivity contribution in [2.24, 2.45) is 0 Å². The van der Waals surface area contributed by atoms with Gasteiger partial charge in [0.05, 0.1) is 11.7 Å². The Kier molecular flexibility index (Phi) is 2.85. The molecule has 0 unspecified atom stereocenters. The molecule has 1 N–H and O–H groups in total. The quantitative estimate of drug-likeness (QED) is 0.728. The highest BCUT2D eigenvalue weighted by atomic mass is 15.1. The zero-order valence-electron chi connectivity index (χ0n) is 10.4. The third-order valence-electron chi connectivity index (χ3n) is 3.48. The Labute approximate surface area is 107 Å². The van der Waals surface area contributed by atoms with Gasteiger partial charge >= 0.3 is 0 Å². The molecule has 90 valence electrons. The minimum absolute atomic E-state index is 0.457. The first-order valence-electron chi connectivity index (χ1n) is 6.36. The zero-order valence-corrected chi connectivity index (χ0v) is 10.4. The van der Waals surface area contributed by atoms with Crippen LogP contribution >= 0.6 is 0 Å². The van der Waals surface area contributed by atoms with Crippen LogP contribution in [-0.2, 0) is 0 Å². The molecule has 0 amide bonds. The van der Waals surface area contributed by atoms with Crippen LogP contribution in [0, 0.1) is 0 Å². The van der Waals surface area contributed by atoms with Gasteiger partial charge in [-0.25, -0.2) is 0 Å². The normalized spacial score (nSPS) is 12.7. The summed E-state index contributed by atoms with van der Waals surface area (Å²) in [6.45, 7) is 2.23. The third-order valence-corrected chi connectivity index (χ3v) is 3.48. The molecule has 0 aliphatic carbocycles. The molecule has 0 radical (unpaired) electrons. The number of fused-ring (bicyclic) bond motifs is 1. The summed E-state index contributed by atoms with van der Waals surface area (Å²) >= 11 is 0. The molecule has 0 aliphatic heterocycles. The van der Waals surface area contributed by atoms with E-state index in [4.69, 9.17) is 0 Å². The third kappa shape index (κ3) is 1.90. The molecule has 0 bridgehead atoms. The van der Waals surface area contributed by atoms with E-state index in [0.717, 1.165) is 11.9 Å². The summed E-state index contributed by atoms with van der Waals surface area (Å²) in [6, 6.07) is 17.2. The Bertz CT molecular complexity index is 640. The zero-order chi connectivity index (χ0) is 12.4. The van der Waals surface area contributed by atoms with Crippen LogP contribution in [0.25, 0.3) is 10.9 Å². The highest BCUT2D eigenvalue weighted by Gasteiger charge is 2.12. The molecule has 1 heterocycles. The van der Waals surface area contributed by atoms with Gasteiger partial charge in [0.15, 0.2) is 0 Å². The number of rotatable bonds is 3. The first kappa shape index (κ1) is 11.0. The second-order valence-corrected chi connectivity index (χ2v) is 4.59. The SMILES string of the molecule is CC[C@@H](c1ccccc1)c1ccc2cn[nH]c2c1. The van der Waals surface area contributed by atoms with Gasteiger partial charge in [0.2, 0.25) is 0 Å². The van der Waals surface area contributed by atoms with E-state index in [9.17, 15) is 0 Å². The Morgan fingerprint density at radius 2 is 1.89 bits per heavy atom. The lowest BCUT2D eigenvalue weighted by atomic mass is 9.89. The van der Waals surface area contributed by atoms with E-state index in [0.29, 0.717) is 5.92 Å². The monoisotopic (exact) mass is 236 g/mol. The lowest BCUT2D eigenvalue weighted by molar-refractivity contribution is 0.778. The molecular weight excluding hydrogens is 220 g/mol. The summed E-state index contributed by atoms with van der Waals surface area (Å²) in [5, 5.41) is 8.28. The number of hydrogen-bond donors (Lipinski definition) is 1. The van der Waals surface area contributed by atoms with Gasteiger partial charge in [0.1, 0.15) is 0 Å². The summed E-state index contributed by atoms with van der Waals surface area (Å²) in [5.74, 6) is 0.457. The van der Waals surface area contributed by atoms with Crippen LogP contribution in [0.3, 0.4) is 0 Å². The summed E-state index contributed by atoms with van der Waals surface area (Å²) in [5.41, 5.74) is 3.83. The van der Waals surface area contributed by atoms with Gasteiger partial charge in [-0.2, -0.15) is 5.10 Å². The molecule has 0 fully saturated rings. The summed E-state index contributed by atoms with van der Waals surface area (Å²) in [7, 11) is 0. The molecule has 1 aromatic heterocycles. The van der Waals surface area contributed by atoms with Crippen LogP contribution in [0.1, 0.15) is 30.4 Å². The van der Waals surface area contributed by atoms with E-state index in [-0.39, 0.29) is 0 Å². The largest absolute Gasteiger partial charge is 0.278 e. The van der Waals surface area contributed by atoms with E-state index >= 15 is 0 Å². The molecule has 0 saturated carbocycles. The molecule has 2 aromatic carbocycles. The van der Waals surface area contributed by atoms with Crippen LogP contribution < -0.4 is 0 Å². The first-order chi connectivity index (χ1) is 8.88. The predicted octanol–water partition coefficient (Wildman–Crippen LogP) is 4.10. The summed E-state index contributed by atoms with van der Waals surface area (Å²) < 4.78 is 0. The average Bonchev–Trinajstić information content (AvgIpc) is 2.88. The highest BCUT2D eigenvalue weighted by molar-refractivity contribution is 5.78. The first-order valence-corrected chi connectivity index (χ1v) is 6.36. The Morgan fingerprint density at radius 3 is 2.67 bits per heavy atom. The van der Waals surface area contributed by atoms with Crippen molar-refractivity contribution in [3.63, 3.8) is 0 Å². The maximum Gasteiger partial charge on any atom is 0.0653 e. The summed E-state index contributed by atoms with van der Waals surface area (Å²) in [6.07, 6.45) is 2.96. The number of nitrogens with zero attached hydrogens (tertiary/aromatic N) is 1. The molecule has 1 atom stereocenters. The van der Waals surface area contributed by atoms with Crippen molar-refractivity contribution in [1.82, 2.24) is 10.2 Å². The minimum Gasteiger partial charge on any atom is -0.278 e. The minimum atomic E-state index is 0.457. The Morgan fingerprint density at radius 1 is 1.06 bits per heavy atom. The standard InChI is InChI=1S/C16H16N2/c1-2-15(12-6-4-3-5-7-12)13-8-9-14-11-17-18-16(14)10-13/h3-11,15H,2H2,1H3,(H,17,18)/t15-/m0/s1. The fourth-order valence-corrected chi connectivity index (χ4v) is 2.52. The lowest BCUT2D eigenvalue weighted by Gasteiger charge is -2.15. The molecule has 2 heteroatoms. The average molecular weight is 236 g/mol. The topological polar surface area (TPSA) is 28.7 Å². The van der Waals surface area contributed by atoms with Crippen molar-refractivity contribution in [2.75, 3.05) is 0 Å². The van der Waals surface area contributed by atoms with Gasteiger partial charge in [-0.05, 0) is 23.6 Å². The Hall–Kier alpha value is -2.09. The molecule has 2 nitrogen and oxygen atoms in total. The van der Waals surface area contributed by atoms with E-state index in [1.807, 2.05) is 6.20 Å². The van der Waals surface area contributed by atoms with Crippen LogP contribution in [0.5, 0.6) is 0 Å². The number of hydrogen-bond acceptors (Lipinski definition) is 1. The van der Waals surface area contributed by atoms with Crippen molar-refractivity contribution < 1.29 is 0 Å². The van der Waals surface area contributed by atoms with Gasteiger partial charge in [-0.3, -0.25) is 5.10 Å². The molecule has 0 saturated heterocycles. The van der Waals surface area contributed by atoms with Crippen molar-refractivity contribution in [2.45, 2.75) is 19.3 Å². The fraction of sp³-hybridized carbons (Fsp3) is 0.188. The van der Waals surface area contributed by atoms with Crippen molar-refractivity contribution >= 4 is 10.9 Å². The number of H-pyrrole nitrogens is 1. The number of aromatic amines is 1. The molecular formula is C16H16N2. The maximum atomic E-state index is 4.08. The smallest absolute Gasteiger partial charge is 0.0653 e. The molecule has 3 aromatic rings. The second kappa shape index (κ2) is 4.65. The maximum absolute atomic E-state index is 4.08. The number of benzene rings is 2. The van der Waals surface area contributed by atoms with Gasteiger partial charge in [0, 0.05) is 11.3 Å². The van der Waals surface area contributed by atoms with Gasteiger partial charge in [-0.15, -0.1) is 0 Å². The number of aromatic nitrogens is 2. The van der Waals surface area contributed by atoms with Crippen molar-refractivity contribution in [3.8, 4) is 0 Å². The Balaban J connectivity index is 2.05. The van der Waals surface area contributed by atoms with Crippen LogP contribution in [0.2, 0.25) is 0 Å². The van der Waals surface area contributed by atoms with Crippen LogP contribution in [0.4, 0.5) is 0 Å². The van der Waals surface area contributed by atoms with E-state index in [1.165, 1.54) is 16.5 Å². The van der Waals surface area contributed by atoms with E-state index < -0.39 is 0 Å². The van der Waals surface area contributed by atoms with E-state index in [2.05, 4.69) is 65.7 Å². The van der Waals surface area contributed by atoms with Crippen molar-refractivity contribution in [1.29, 1.82) is 0 Å². The molecule has 0 aliphatic rings. The van der Waals surface area contributed by atoms with Crippen molar-refractivity contribution in [3.05, 3.63) is 65.9 Å². The second-order valence-electron chi connectivity index (χ2n) is 4.59. The fourth-order valence-electron chi connectivity index (χ4n) is 2.52. The van der Waals surface area contributed by atoms with Crippen LogP contribution in [0.15, 0.2) is 54.7 Å². The molecule has 0 spiro atoms. The van der Waals surface area contributed by atoms with Gasteiger partial charge in [-0.1, -0.05) is 49.4 Å². The van der Waals surface area contributed by atoms with Crippen LogP contribution in [-0.4, -0.2) is 10.2 Å². The number of nitrogens with one attached hydrogen (secondary N) is 1. The van der Waals surface area contributed by atoms with Gasteiger partial charge < -0.3 is 0 Å². The summed E-state index contributed by atoms with van der Waals surface area (Å²) in [4.78, 5) is 0. The molecule has 3 rings (SSSR count). The van der Waals surface area contributed by atoms with Gasteiger partial charge in [0.25, 0.3) is 0 Å². The van der Waals surface area contributed by atoms with E-state index in [1.54, 1.807) is 0 Å². The molecule has 18 heavy (non-hydrogen) atoms.